The lowest BCUT2D eigenvalue weighted by molar-refractivity contribution is -0.131. The first kappa shape index (κ1) is 16.5. The van der Waals surface area contributed by atoms with Crippen LogP contribution in [0.3, 0.4) is 0 Å². The molecular weight excluding hydrogens is 300 g/mol. The molecule has 0 aromatic heterocycles. The second kappa shape index (κ2) is 7.05. The van der Waals surface area contributed by atoms with E-state index in [0.717, 1.165) is 30.8 Å². The minimum atomic E-state index is -0.583. The van der Waals surface area contributed by atoms with Crippen LogP contribution in [0.2, 0.25) is 0 Å². The SMILES string of the molecule is COc1ccc(C2CCN(C(=O)C(N)c3ccc(C)cc3)C2)cc1. The smallest absolute Gasteiger partial charge is 0.244 e. The molecule has 1 fully saturated rings. The van der Waals surface area contributed by atoms with E-state index in [9.17, 15) is 4.79 Å². The topological polar surface area (TPSA) is 55.6 Å². The molecule has 1 amide bonds. The number of ether oxygens (including phenoxy) is 1. The summed E-state index contributed by atoms with van der Waals surface area (Å²) in [6, 6.07) is 15.4. The lowest BCUT2D eigenvalue weighted by atomic mass is 9.98. The predicted octanol–water partition coefficient (Wildman–Crippen LogP) is 3.02. The summed E-state index contributed by atoms with van der Waals surface area (Å²) in [6.45, 7) is 3.51. The summed E-state index contributed by atoms with van der Waals surface area (Å²) in [4.78, 5) is 14.6. The van der Waals surface area contributed by atoms with E-state index in [1.165, 1.54) is 11.1 Å². The van der Waals surface area contributed by atoms with Gasteiger partial charge in [0.15, 0.2) is 0 Å². The van der Waals surface area contributed by atoms with Crippen LogP contribution < -0.4 is 10.5 Å². The number of carbonyl (C=O) groups excluding carboxylic acids is 1. The van der Waals surface area contributed by atoms with E-state index >= 15 is 0 Å². The number of hydrogen-bond donors (Lipinski definition) is 1. The summed E-state index contributed by atoms with van der Waals surface area (Å²) in [5.74, 6) is 1.23. The molecule has 4 heteroatoms. The highest BCUT2D eigenvalue weighted by Crippen LogP contribution is 2.29. The van der Waals surface area contributed by atoms with E-state index < -0.39 is 6.04 Å². The van der Waals surface area contributed by atoms with Gasteiger partial charge >= 0.3 is 0 Å². The van der Waals surface area contributed by atoms with Crippen molar-refractivity contribution < 1.29 is 9.53 Å². The number of likely N-dealkylation sites (tertiary alicyclic amines) is 1. The molecule has 4 nitrogen and oxygen atoms in total. The summed E-state index contributed by atoms with van der Waals surface area (Å²) in [5.41, 5.74) is 9.47. The van der Waals surface area contributed by atoms with Crippen LogP contribution in [-0.4, -0.2) is 31.0 Å². The molecule has 2 aromatic carbocycles. The molecule has 0 aliphatic carbocycles. The van der Waals surface area contributed by atoms with E-state index in [2.05, 4.69) is 12.1 Å². The molecule has 1 saturated heterocycles. The third-order valence-corrected chi connectivity index (χ3v) is 4.79. The minimum absolute atomic E-state index is 0.00913. The molecule has 2 aromatic rings. The van der Waals surface area contributed by atoms with Crippen molar-refractivity contribution in [2.24, 2.45) is 5.73 Å². The lowest BCUT2D eigenvalue weighted by Gasteiger charge is -2.21. The number of aryl methyl sites for hydroxylation is 1. The van der Waals surface area contributed by atoms with Gasteiger partial charge < -0.3 is 15.4 Å². The number of amides is 1. The van der Waals surface area contributed by atoms with Gasteiger partial charge in [0.25, 0.3) is 0 Å². The second-order valence-corrected chi connectivity index (χ2v) is 6.43. The largest absolute Gasteiger partial charge is 0.497 e. The van der Waals surface area contributed by atoms with Crippen LogP contribution in [0.25, 0.3) is 0 Å². The Labute approximate surface area is 143 Å². The number of methoxy groups -OCH3 is 1. The van der Waals surface area contributed by atoms with Crippen molar-refractivity contribution in [1.29, 1.82) is 0 Å². The Balaban J connectivity index is 1.65. The zero-order valence-corrected chi connectivity index (χ0v) is 14.2. The fourth-order valence-electron chi connectivity index (χ4n) is 3.22. The number of nitrogens with two attached hydrogens (primary N) is 1. The van der Waals surface area contributed by atoms with Gasteiger partial charge in [-0.2, -0.15) is 0 Å². The van der Waals surface area contributed by atoms with Crippen LogP contribution >= 0.6 is 0 Å². The van der Waals surface area contributed by atoms with Crippen LogP contribution in [-0.2, 0) is 4.79 Å². The zero-order chi connectivity index (χ0) is 17.1. The average Bonchev–Trinajstić information content (AvgIpc) is 3.11. The molecule has 24 heavy (non-hydrogen) atoms. The molecule has 0 bridgehead atoms. The molecule has 0 radical (unpaired) electrons. The minimum Gasteiger partial charge on any atom is -0.497 e. The molecule has 1 heterocycles. The van der Waals surface area contributed by atoms with Crippen molar-refractivity contribution in [3.63, 3.8) is 0 Å². The fourth-order valence-corrected chi connectivity index (χ4v) is 3.22. The van der Waals surface area contributed by atoms with Gasteiger partial charge in [-0.25, -0.2) is 0 Å². The summed E-state index contributed by atoms with van der Waals surface area (Å²) in [5, 5.41) is 0. The van der Waals surface area contributed by atoms with Gasteiger partial charge in [-0.05, 0) is 36.6 Å². The molecule has 1 aliphatic rings. The Hall–Kier alpha value is -2.33. The molecular formula is C20H24N2O2. The third-order valence-electron chi connectivity index (χ3n) is 4.79. The Morgan fingerprint density at radius 2 is 1.83 bits per heavy atom. The monoisotopic (exact) mass is 324 g/mol. The Kier molecular flexibility index (Phi) is 4.86. The Bertz CT molecular complexity index is 695. The standard InChI is InChI=1S/C20H24N2O2/c1-14-3-5-16(6-4-14)19(21)20(23)22-12-11-17(13-22)15-7-9-18(24-2)10-8-15/h3-10,17,19H,11-13,21H2,1-2H3. The lowest BCUT2D eigenvalue weighted by Crippen LogP contribution is -2.37. The molecule has 3 rings (SSSR count). The number of nitrogens with zero attached hydrogens (tertiary/aromatic N) is 1. The van der Waals surface area contributed by atoms with E-state index in [1.807, 2.05) is 48.2 Å². The second-order valence-electron chi connectivity index (χ2n) is 6.43. The third kappa shape index (κ3) is 3.44. The summed E-state index contributed by atoms with van der Waals surface area (Å²) in [7, 11) is 1.66. The molecule has 2 atom stereocenters. The average molecular weight is 324 g/mol. The van der Waals surface area contributed by atoms with Gasteiger partial charge in [0, 0.05) is 19.0 Å². The van der Waals surface area contributed by atoms with Crippen LogP contribution in [0.1, 0.15) is 35.1 Å². The highest BCUT2D eigenvalue weighted by atomic mass is 16.5. The summed E-state index contributed by atoms with van der Waals surface area (Å²) >= 11 is 0. The zero-order valence-electron chi connectivity index (χ0n) is 14.2. The normalized spacial score (nSPS) is 18.5. The van der Waals surface area contributed by atoms with Crippen molar-refractivity contribution in [2.45, 2.75) is 25.3 Å². The van der Waals surface area contributed by atoms with Crippen molar-refractivity contribution in [3.8, 4) is 5.75 Å². The first-order chi connectivity index (χ1) is 11.6. The van der Waals surface area contributed by atoms with Crippen molar-refractivity contribution >= 4 is 5.91 Å². The molecule has 126 valence electrons. The number of hydrogen-bond acceptors (Lipinski definition) is 3. The van der Waals surface area contributed by atoms with Crippen LogP contribution in [0.4, 0.5) is 0 Å². The summed E-state index contributed by atoms with van der Waals surface area (Å²) < 4.78 is 5.20. The molecule has 1 aliphatic heterocycles. The van der Waals surface area contributed by atoms with Gasteiger partial charge in [-0.15, -0.1) is 0 Å². The van der Waals surface area contributed by atoms with Gasteiger partial charge in [0.2, 0.25) is 5.91 Å². The fraction of sp³-hybridized carbons (Fsp3) is 0.350. The van der Waals surface area contributed by atoms with Gasteiger partial charge in [0.1, 0.15) is 11.8 Å². The first-order valence-corrected chi connectivity index (χ1v) is 8.33. The van der Waals surface area contributed by atoms with E-state index in [-0.39, 0.29) is 5.91 Å². The highest BCUT2D eigenvalue weighted by molar-refractivity contribution is 5.83. The number of rotatable bonds is 4. The number of carbonyl (C=O) groups is 1. The van der Waals surface area contributed by atoms with Crippen LogP contribution in [0.5, 0.6) is 5.75 Å². The molecule has 2 unspecified atom stereocenters. The quantitative estimate of drug-likeness (QED) is 0.940. The maximum atomic E-state index is 12.7. The van der Waals surface area contributed by atoms with Crippen LogP contribution in [0, 0.1) is 6.92 Å². The van der Waals surface area contributed by atoms with Crippen molar-refractivity contribution in [2.75, 3.05) is 20.2 Å². The maximum absolute atomic E-state index is 12.7. The molecule has 0 spiro atoms. The molecule has 2 N–H and O–H groups in total. The van der Waals surface area contributed by atoms with E-state index in [0.29, 0.717) is 5.92 Å². The number of benzene rings is 2. The van der Waals surface area contributed by atoms with Gasteiger partial charge in [-0.3, -0.25) is 4.79 Å². The van der Waals surface area contributed by atoms with E-state index in [1.54, 1.807) is 7.11 Å². The van der Waals surface area contributed by atoms with Gasteiger partial charge in [-0.1, -0.05) is 42.0 Å². The van der Waals surface area contributed by atoms with Gasteiger partial charge in [0.05, 0.1) is 7.11 Å². The van der Waals surface area contributed by atoms with Crippen LogP contribution in [0.15, 0.2) is 48.5 Å². The molecule has 0 saturated carbocycles. The maximum Gasteiger partial charge on any atom is 0.244 e. The van der Waals surface area contributed by atoms with E-state index in [4.69, 9.17) is 10.5 Å². The highest BCUT2D eigenvalue weighted by Gasteiger charge is 2.30. The Morgan fingerprint density at radius 3 is 2.46 bits per heavy atom. The predicted molar refractivity (Wildman–Crippen MR) is 95.0 cm³/mol. The van der Waals surface area contributed by atoms with Crippen molar-refractivity contribution in [3.05, 3.63) is 65.2 Å². The van der Waals surface area contributed by atoms with Crippen molar-refractivity contribution in [1.82, 2.24) is 4.90 Å². The Morgan fingerprint density at radius 1 is 1.17 bits per heavy atom. The summed E-state index contributed by atoms with van der Waals surface area (Å²) in [6.07, 6.45) is 0.971. The first-order valence-electron chi connectivity index (χ1n) is 8.33.